The number of pyridine rings is 1. The van der Waals surface area contributed by atoms with E-state index >= 15 is 0 Å². The van der Waals surface area contributed by atoms with Crippen LogP contribution in [0.1, 0.15) is 23.3 Å². The van der Waals surface area contributed by atoms with Crippen molar-refractivity contribution in [2.24, 2.45) is 5.92 Å². The van der Waals surface area contributed by atoms with Gasteiger partial charge in [-0.2, -0.15) is 0 Å². The molecule has 8 nitrogen and oxygen atoms in total. The minimum absolute atomic E-state index is 0.0413. The van der Waals surface area contributed by atoms with E-state index in [4.69, 9.17) is 0 Å². The first-order chi connectivity index (χ1) is 14.2. The molecule has 4 rings (SSSR count). The monoisotopic (exact) mass is 394 g/mol. The smallest absolute Gasteiger partial charge is 0.236 e. The van der Waals surface area contributed by atoms with Gasteiger partial charge >= 0.3 is 0 Å². The van der Waals surface area contributed by atoms with Crippen LogP contribution < -0.4 is 4.90 Å². The quantitative estimate of drug-likeness (QED) is 0.703. The second-order valence-electron chi connectivity index (χ2n) is 7.57. The Morgan fingerprint density at radius 1 is 0.931 bits per heavy atom. The van der Waals surface area contributed by atoms with Gasteiger partial charge in [-0.05, 0) is 31.0 Å². The van der Waals surface area contributed by atoms with E-state index in [0.717, 1.165) is 51.5 Å². The van der Waals surface area contributed by atoms with Crippen molar-refractivity contribution in [2.45, 2.75) is 12.8 Å². The van der Waals surface area contributed by atoms with Gasteiger partial charge in [0, 0.05) is 63.8 Å². The summed E-state index contributed by atoms with van der Waals surface area (Å²) < 4.78 is 0. The highest BCUT2D eigenvalue weighted by Crippen LogP contribution is 2.21. The molecule has 0 aliphatic carbocycles. The third kappa shape index (κ3) is 4.76. The van der Waals surface area contributed by atoms with Crippen LogP contribution in [-0.4, -0.2) is 82.3 Å². The molecule has 2 aliphatic rings. The number of carbonyl (C=O) groups excluding carboxylic acids is 2. The molecule has 0 bridgehead atoms. The molecule has 0 spiro atoms. The molecule has 2 aliphatic heterocycles. The van der Waals surface area contributed by atoms with Gasteiger partial charge < -0.3 is 9.80 Å². The summed E-state index contributed by atoms with van der Waals surface area (Å²) in [6.45, 7) is 4.82. The Morgan fingerprint density at radius 2 is 1.69 bits per heavy atom. The molecule has 2 aromatic rings. The lowest BCUT2D eigenvalue weighted by molar-refractivity contribution is -0.133. The Morgan fingerprint density at radius 3 is 2.41 bits per heavy atom. The Hall–Kier alpha value is -2.87. The van der Waals surface area contributed by atoms with E-state index in [9.17, 15) is 9.59 Å². The van der Waals surface area contributed by atoms with E-state index in [1.165, 1.54) is 0 Å². The topological polar surface area (TPSA) is 82.5 Å². The van der Waals surface area contributed by atoms with E-state index in [0.29, 0.717) is 18.8 Å². The third-order valence-electron chi connectivity index (χ3n) is 5.63. The van der Waals surface area contributed by atoms with Crippen LogP contribution in [0.3, 0.4) is 0 Å². The average Bonchev–Trinajstić information content (AvgIpc) is 2.80. The van der Waals surface area contributed by atoms with E-state index in [2.05, 4.69) is 24.8 Å². The van der Waals surface area contributed by atoms with Crippen LogP contribution in [0.15, 0.2) is 42.9 Å². The highest BCUT2D eigenvalue weighted by molar-refractivity contribution is 5.96. The highest BCUT2D eigenvalue weighted by atomic mass is 16.2. The SMILES string of the molecule is O=C(c1ccccn1)[C@H]1CCCN(C(=O)CN2CCN(c3ncccn3)CC2)C1. The number of nitrogens with zero attached hydrogens (tertiary/aromatic N) is 6. The molecule has 1 amide bonds. The van der Waals surface area contributed by atoms with Crippen LogP contribution in [0.2, 0.25) is 0 Å². The van der Waals surface area contributed by atoms with Gasteiger partial charge in [-0.25, -0.2) is 9.97 Å². The van der Waals surface area contributed by atoms with Crippen molar-refractivity contribution in [3.8, 4) is 0 Å². The van der Waals surface area contributed by atoms with Gasteiger partial charge in [-0.15, -0.1) is 0 Å². The maximum absolute atomic E-state index is 12.8. The molecule has 0 saturated carbocycles. The fraction of sp³-hybridized carbons (Fsp3) is 0.476. The van der Waals surface area contributed by atoms with Gasteiger partial charge in [0.05, 0.1) is 6.54 Å². The molecule has 0 radical (unpaired) electrons. The van der Waals surface area contributed by atoms with Crippen LogP contribution in [0.25, 0.3) is 0 Å². The number of ketones is 1. The van der Waals surface area contributed by atoms with E-state index in [1.807, 2.05) is 17.0 Å². The number of anilines is 1. The van der Waals surface area contributed by atoms with Crippen molar-refractivity contribution in [3.63, 3.8) is 0 Å². The number of likely N-dealkylation sites (tertiary alicyclic amines) is 1. The molecular formula is C21H26N6O2. The number of Topliss-reactive ketones (excluding diaryl/α,β-unsaturated/α-hetero) is 1. The molecule has 0 aromatic carbocycles. The molecule has 4 heterocycles. The Labute approximate surface area is 170 Å². The zero-order chi connectivity index (χ0) is 20.1. The summed E-state index contributed by atoms with van der Waals surface area (Å²) >= 11 is 0. The molecule has 29 heavy (non-hydrogen) atoms. The zero-order valence-electron chi connectivity index (χ0n) is 16.5. The summed E-state index contributed by atoms with van der Waals surface area (Å²) in [5.41, 5.74) is 0.492. The first-order valence-electron chi connectivity index (χ1n) is 10.2. The number of carbonyl (C=O) groups is 2. The first-order valence-corrected chi connectivity index (χ1v) is 10.2. The summed E-state index contributed by atoms with van der Waals surface area (Å²) in [4.78, 5) is 44.5. The van der Waals surface area contributed by atoms with Gasteiger partial charge in [0.1, 0.15) is 5.69 Å². The fourth-order valence-electron chi connectivity index (χ4n) is 3.99. The van der Waals surface area contributed by atoms with Crippen LogP contribution in [-0.2, 0) is 4.79 Å². The normalized spacial score (nSPS) is 20.5. The van der Waals surface area contributed by atoms with Crippen LogP contribution in [0, 0.1) is 5.92 Å². The second-order valence-corrected chi connectivity index (χ2v) is 7.57. The average molecular weight is 394 g/mol. The lowest BCUT2D eigenvalue weighted by Gasteiger charge is -2.37. The maximum Gasteiger partial charge on any atom is 0.236 e. The summed E-state index contributed by atoms with van der Waals surface area (Å²) in [5, 5.41) is 0. The predicted molar refractivity (Wildman–Crippen MR) is 109 cm³/mol. The second kappa shape index (κ2) is 9.09. The molecular weight excluding hydrogens is 368 g/mol. The predicted octanol–water partition coefficient (Wildman–Crippen LogP) is 1.12. The van der Waals surface area contributed by atoms with Crippen molar-refractivity contribution < 1.29 is 9.59 Å². The third-order valence-corrected chi connectivity index (χ3v) is 5.63. The van der Waals surface area contributed by atoms with E-state index < -0.39 is 0 Å². The fourth-order valence-corrected chi connectivity index (χ4v) is 3.99. The van der Waals surface area contributed by atoms with E-state index in [1.54, 1.807) is 30.7 Å². The van der Waals surface area contributed by atoms with Gasteiger partial charge in [-0.3, -0.25) is 19.5 Å². The van der Waals surface area contributed by atoms with Crippen LogP contribution in [0.4, 0.5) is 5.95 Å². The number of amides is 1. The first kappa shape index (κ1) is 19.4. The summed E-state index contributed by atoms with van der Waals surface area (Å²) in [5.74, 6) is 0.729. The molecule has 8 heteroatoms. The van der Waals surface area contributed by atoms with Crippen molar-refractivity contribution in [2.75, 3.05) is 50.7 Å². The van der Waals surface area contributed by atoms with Crippen molar-refractivity contribution in [3.05, 3.63) is 48.5 Å². The van der Waals surface area contributed by atoms with Crippen molar-refractivity contribution in [1.29, 1.82) is 0 Å². The molecule has 0 N–H and O–H groups in total. The Balaban J connectivity index is 1.28. The lowest BCUT2D eigenvalue weighted by atomic mass is 9.92. The van der Waals surface area contributed by atoms with Crippen molar-refractivity contribution >= 4 is 17.6 Å². The molecule has 2 aromatic heterocycles. The highest BCUT2D eigenvalue weighted by Gasteiger charge is 2.30. The number of rotatable bonds is 5. The van der Waals surface area contributed by atoms with Gasteiger partial charge in [0.25, 0.3) is 0 Å². The number of hydrogen-bond donors (Lipinski definition) is 0. The molecule has 1 atom stereocenters. The largest absolute Gasteiger partial charge is 0.341 e. The number of piperazine rings is 1. The Bertz CT molecular complexity index is 824. The molecule has 152 valence electrons. The van der Waals surface area contributed by atoms with Crippen LogP contribution >= 0.6 is 0 Å². The standard InChI is InChI=1S/C21H26N6O2/c28-19(16-25-11-13-26(14-12-25)21-23-8-4-9-24-21)27-10-3-5-17(15-27)20(29)18-6-1-2-7-22-18/h1-2,4,6-9,17H,3,5,10-16H2/t17-/m0/s1. The van der Waals surface area contributed by atoms with Gasteiger partial charge in [0.15, 0.2) is 5.78 Å². The maximum atomic E-state index is 12.8. The summed E-state index contributed by atoms with van der Waals surface area (Å²) in [6, 6.07) is 7.19. The van der Waals surface area contributed by atoms with Crippen LogP contribution in [0.5, 0.6) is 0 Å². The van der Waals surface area contributed by atoms with Gasteiger partial charge in [-0.1, -0.05) is 6.07 Å². The van der Waals surface area contributed by atoms with E-state index in [-0.39, 0.29) is 17.6 Å². The van der Waals surface area contributed by atoms with Gasteiger partial charge in [0.2, 0.25) is 11.9 Å². The summed E-state index contributed by atoms with van der Waals surface area (Å²) in [7, 11) is 0. The lowest BCUT2D eigenvalue weighted by Crippen LogP contribution is -2.52. The minimum atomic E-state index is -0.158. The number of hydrogen-bond acceptors (Lipinski definition) is 7. The molecule has 2 fully saturated rings. The summed E-state index contributed by atoms with van der Waals surface area (Å²) in [6.07, 6.45) is 6.80. The minimum Gasteiger partial charge on any atom is -0.341 e. The molecule has 2 saturated heterocycles. The number of aromatic nitrogens is 3. The zero-order valence-corrected chi connectivity index (χ0v) is 16.5. The van der Waals surface area contributed by atoms with Crippen molar-refractivity contribution in [1.82, 2.24) is 24.8 Å². The Kier molecular flexibility index (Phi) is 6.09. The molecule has 0 unspecified atom stereocenters. The number of piperidine rings is 1.